The highest BCUT2D eigenvalue weighted by Gasteiger charge is 2.17. The van der Waals surface area contributed by atoms with Crippen molar-refractivity contribution in [1.82, 2.24) is 5.32 Å². The topological polar surface area (TPSA) is 41.1 Å². The summed E-state index contributed by atoms with van der Waals surface area (Å²) in [6, 6.07) is 0.312. The molecule has 0 radical (unpaired) electrons. The van der Waals surface area contributed by atoms with Crippen LogP contribution in [0.2, 0.25) is 0 Å². The second-order valence-corrected chi connectivity index (χ2v) is 4.26. The maximum atomic E-state index is 13.4. The van der Waals surface area contributed by atoms with E-state index in [4.69, 9.17) is 0 Å². The van der Waals surface area contributed by atoms with Gasteiger partial charge in [-0.15, -0.1) is 0 Å². The fourth-order valence-electron chi connectivity index (χ4n) is 1.50. The molecular formula is C13H17F3N2O. The third-order valence-corrected chi connectivity index (χ3v) is 2.59. The summed E-state index contributed by atoms with van der Waals surface area (Å²) in [5.74, 6) is -3.49. The van der Waals surface area contributed by atoms with E-state index in [1.165, 1.54) is 6.92 Å². The molecule has 1 unspecified atom stereocenters. The zero-order valence-electron chi connectivity index (χ0n) is 10.9. The number of unbranched alkanes of at least 4 members (excludes halogenated alkanes) is 1. The molecule has 2 N–H and O–H groups in total. The predicted octanol–water partition coefficient (Wildman–Crippen LogP) is 2.82. The van der Waals surface area contributed by atoms with Gasteiger partial charge in [0, 0.05) is 18.7 Å². The van der Waals surface area contributed by atoms with Crippen LogP contribution in [-0.4, -0.2) is 18.5 Å². The van der Waals surface area contributed by atoms with Gasteiger partial charge in [0.1, 0.15) is 17.5 Å². The lowest BCUT2D eigenvalue weighted by atomic mass is 10.2. The lowest BCUT2D eigenvalue weighted by molar-refractivity contribution is -0.121. The highest BCUT2D eigenvalue weighted by atomic mass is 19.1. The number of hydrogen-bond acceptors (Lipinski definition) is 2. The van der Waals surface area contributed by atoms with Gasteiger partial charge in [-0.3, -0.25) is 4.79 Å². The van der Waals surface area contributed by atoms with Crippen molar-refractivity contribution in [3.05, 3.63) is 29.6 Å². The third-order valence-electron chi connectivity index (χ3n) is 2.59. The minimum atomic E-state index is -1.06. The van der Waals surface area contributed by atoms with E-state index in [0.717, 1.165) is 12.8 Å². The molecule has 3 nitrogen and oxygen atoms in total. The van der Waals surface area contributed by atoms with Crippen LogP contribution in [0.1, 0.15) is 26.7 Å². The van der Waals surface area contributed by atoms with Gasteiger partial charge >= 0.3 is 0 Å². The van der Waals surface area contributed by atoms with Crippen LogP contribution in [0.25, 0.3) is 0 Å². The van der Waals surface area contributed by atoms with Crippen molar-refractivity contribution in [2.45, 2.75) is 32.7 Å². The van der Waals surface area contributed by atoms with Gasteiger partial charge < -0.3 is 10.6 Å². The molecule has 1 aromatic rings. The first-order chi connectivity index (χ1) is 8.95. The van der Waals surface area contributed by atoms with Crippen LogP contribution in [0.4, 0.5) is 18.9 Å². The lowest BCUT2D eigenvalue weighted by Gasteiger charge is -2.16. The van der Waals surface area contributed by atoms with Crippen molar-refractivity contribution in [2.75, 3.05) is 11.9 Å². The van der Waals surface area contributed by atoms with E-state index in [0.29, 0.717) is 18.7 Å². The van der Waals surface area contributed by atoms with E-state index in [9.17, 15) is 18.0 Å². The Hall–Kier alpha value is -1.72. The molecular weight excluding hydrogens is 257 g/mol. The number of hydrogen-bond donors (Lipinski definition) is 2. The maximum absolute atomic E-state index is 13.4. The molecule has 6 heteroatoms. The summed E-state index contributed by atoms with van der Waals surface area (Å²) in [5, 5.41) is 5.04. The first-order valence-electron chi connectivity index (χ1n) is 6.14. The molecule has 0 aliphatic carbocycles. The lowest BCUT2D eigenvalue weighted by Crippen LogP contribution is -2.38. The Balaban J connectivity index is 2.66. The molecule has 19 heavy (non-hydrogen) atoms. The maximum Gasteiger partial charge on any atom is 0.242 e. The fraction of sp³-hybridized carbons (Fsp3) is 0.462. The number of halogens is 3. The summed E-state index contributed by atoms with van der Waals surface area (Å²) in [4.78, 5) is 11.6. The SMILES string of the molecule is CCCCNC(=O)C(C)Nc1c(F)cc(F)cc1F. The van der Waals surface area contributed by atoms with Crippen LogP contribution in [0, 0.1) is 17.5 Å². The van der Waals surface area contributed by atoms with E-state index in [2.05, 4.69) is 10.6 Å². The van der Waals surface area contributed by atoms with Crippen molar-refractivity contribution in [3.8, 4) is 0 Å². The van der Waals surface area contributed by atoms with Crippen LogP contribution in [0.5, 0.6) is 0 Å². The van der Waals surface area contributed by atoms with Gasteiger partial charge in [-0.2, -0.15) is 0 Å². The predicted molar refractivity (Wildman–Crippen MR) is 67.3 cm³/mol. The smallest absolute Gasteiger partial charge is 0.242 e. The molecule has 0 saturated heterocycles. The van der Waals surface area contributed by atoms with Crippen molar-refractivity contribution in [2.24, 2.45) is 0 Å². The molecule has 0 aliphatic heterocycles. The molecule has 0 bridgehead atoms. The van der Waals surface area contributed by atoms with E-state index >= 15 is 0 Å². The largest absolute Gasteiger partial charge is 0.369 e. The van der Waals surface area contributed by atoms with Crippen LogP contribution in [0.3, 0.4) is 0 Å². The molecule has 0 saturated carbocycles. The van der Waals surface area contributed by atoms with E-state index in [1.807, 2.05) is 6.92 Å². The van der Waals surface area contributed by atoms with E-state index in [-0.39, 0.29) is 5.91 Å². The number of amides is 1. The molecule has 0 fully saturated rings. The Morgan fingerprint density at radius 1 is 1.26 bits per heavy atom. The molecule has 1 rings (SSSR count). The summed E-state index contributed by atoms with van der Waals surface area (Å²) in [5.41, 5.74) is -0.500. The van der Waals surface area contributed by atoms with Crippen LogP contribution < -0.4 is 10.6 Å². The number of rotatable bonds is 6. The van der Waals surface area contributed by atoms with Gasteiger partial charge in [0.25, 0.3) is 0 Å². The Morgan fingerprint density at radius 2 is 1.84 bits per heavy atom. The van der Waals surface area contributed by atoms with Crippen molar-refractivity contribution in [1.29, 1.82) is 0 Å². The summed E-state index contributed by atoms with van der Waals surface area (Å²) < 4.78 is 39.5. The van der Waals surface area contributed by atoms with Crippen molar-refractivity contribution >= 4 is 11.6 Å². The zero-order valence-corrected chi connectivity index (χ0v) is 10.9. The van der Waals surface area contributed by atoms with Gasteiger partial charge in [0.05, 0.1) is 0 Å². The van der Waals surface area contributed by atoms with Crippen molar-refractivity contribution < 1.29 is 18.0 Å². The number of nitrogens with one attached hydrogen (secondary N) is 2. The zero-order chi connectivity index (χ0) is 14.4. The average molecular weight is 274 g/mol. The Morgan fingerprint density at radius 3 is 2.37 bits per heavy atom. The van der Waals surface area contributed by atoms with E-state index in [1.54, 1.807) is 0 Å². The van der Waals surface area contributed by atoms with E-state index < -0.39 is 29.2 Å². The second-order valence-electron chi connectivity index (χ2n) is 4.26. The van der Waals surface area contributed by atoms with Gasteiger partial charge in [-0.05, 0) is 13.3 Å². The summed E-state index contributed by atoms with van der Waals surface area (Å²) >= 11 is 0. The first kappa shape index (κ1) is 15.3. The minimum absolute atomic E-state index is 0.364. The molecule has 1 atom stereocenters. The Bertz CT molecular complexity index is 429. The molecule has 0 aliphatic rings. The number of carbonyl (C=O) groups excluding carboxylic acids is 1. The second kappa shape index (κ2) is 7.01. The number of benzene rings is 1. The van der Waals surface area contributed by atoms with Crippen LogP contribution in [-0.2, 0) is 4.79 Å². The molecule has 0 spiro atoms. The number of carbonyl (C=O) groups is 1. The quantitative estimate of drug-likeness (QED) is 0.783. The molecule has 0 aromatic heterocycles. The molecule has 1 aromatic carbocycles. The first-order valence-corrected chi connectivity index (χ1v) is 6.14. The third kappa shape index (κ3) is 4.46. The van der Waals surface area contributed by atoms with Crippen LogP contribution >= 0.6 is 0 Å². The molecule has 106 valence electrons. The Labute approximate surface area is 110 Å². The van der Waals surface area contributed by atoms with Gasteiger partial charge in [-0.1, -0.05) is 13.3 Å². The normalized spacial score (nSPS) is 12.1. The Kier molecular flexibility index (Phi) is 5.66. The molecule has 0 heterocycles. The fourth-order valence-corrected chi connectivity index (χ4v) is 1.50. The minimum Gasteiger partial charge on any atom is -0.369 e. The summed E-state index contributed by atoms with van der Waals surface area (Å²) in [7, 11) is 0. The van der Waals surface area contributed by atoms with Gasteiger partial charge in [0.15, 0.2) is 11.6 Å². The van der Waals surface area contributed by atoms with Gasteiger partial charge in [-0.25, -0.2) is 13.2 Å². The summed E-state index contributed by atoms with van der Waals surface area (Å²) in [6.07, 6.45) is 1.76. The highest BCUT2D eigenvalue weighted by Crippen LogP contribution is 2.20. The monoisotopic (exact) mass is 274 g/mol. The van der Waals surface area contributed by atoms with Gasteiger partial charge in [0.2, 0.25) is 5.91 Å². The van der Waals surface area contributed by atoms with Crippen molar-refractivity contribution in [3.63, 3.8) is 0 Å². The molecule has 1 amide bonds. The number of anilines is 1. The summed E-state index contributed by atoms with van der Waals surface area (Å²) in [6.45, 7) is 3.97. The standard InChI is InChI=1S/C13H17F3N2O/c1-3-4-5-17-13(19)8(2)18-12-10(15)6-9(14)7-11(12)16/h6-8,18H,3-5H2,1-2H3,(H,17,19). The average Bonchev–Trinajstić information content (AvgIpc) is 2.33. The highest BCUT2D eigenvalue weighted by molar-refractivity contribution is 5.84. The van der Waals surface area contributed by atoms with Crippen LogP contribution in [0.15, 0.2) is 12.1 Å².